The lowest BCUT2D eigenvalue weighted by Crippen LogP contribution is -2.06. The van der Waals surface area contributed by atoms with Crippen LogP contribution in [0.2, 0.25) is 0 Å². The van der Waals surface area contributed by atoms with Gasteiger partial charge in [-0.2, -0.15) is 0 Å². The SMILES string of the molecule is COC(=O)c1ccnc(Br)c1N. The Morgan fingerprint density at radius 2 is 2.42 bits per heavy atom. The number of hydrogen-bond acceptors (Lipinski definition) is 4. The van der Waals surface area contributed by atoms with E-state index in [1.165, 1.54) is 19.4 Å². The summed E-state index contributed by atoms with van der Waals surface area (Å²) in [5, 5.41) is 0. The summed E-state index contributed by atoms with van der Waals surface area (Å²) in [6.07, 6.45) is 1.48. The average Bonchev–Trinajstić information content (AvgIpc) is 2.08. The first-order chi connectivity index (χ1) is 5.66. The fourth-order valence-electron chi connectivity index (χ4n) is 0.736. The van der Waals surface area contributed by atoms with Crippen LogP contribution in [0, 0.1) is 0 Å². The predicted molar refractivity (Wildman–Crippen MR) is 47.7 cm³/mol. The Hall–Kier alpha value is -1.10. The molecule has 0 aromatic carbocycles. The Bertz CT molecular complexity index is 314. The zero-order valence-corrected chi connectivity index (χ0v) is 7.96. The molecule has 1 rings (SSSR count). The van der Waals surface area contributed by atoms with Crippen molar-refractivity contribution in [3.8, 4) is 0 Å². The van der Waals surface area contributed by atoms with Gasteiger partial charge in [-0.1, -0.05) is 0 Å². The molecule has 1 heterocycles. The first-order valence-electron chi connectivity index (χ1n) is 3.15. The van der Waals surface area contributed by atoms with Crippen LogP contribution in [0.1, 0.15) is 10.4 Å². The van der Waals surface area contributed by atoms with E-state index in [2.05, 4.69) is 25.7 Å². The van der Waals surface area contributed by atoms with Gasteiger partial charge in [0.05, 0.1) is 18.4 Å². The fourth-order valence-corrected chi connectivity index (χ4v) is 1.07. The van der Waals surface area contributed by atoms with Crippen molar-refractivity contribution in [3.63, 3.8) is 0 Å². The summed E-state index contributed by atoms with van der Waals surface area (Å²) in [6.45, 7) is 0. The number of hydrogen-bond donors (Lipinski definition) is 1. The van der Waals surface area contributed by atoms with Crippen molar-refractivity contribution < 1.29 is 9.53 Å². The Kier molecular flexibility index (Phi) is 2.65. The summed E-state index contributed by atoms with van der Waals surface area (Å²) in [7, 11) is 1.30. The number of aromatic nitrogens is 1. The molecule has 0 spiro atoms. The van der Waals surface area contributed by atoms with Crippen LogP contribution in [-0.2, 0) is 4.74 Å². The summed E-state index contributed by atoms with van der Waals surface area (Å²) in [6, 6.07) is 1.51. The molecule has 0 radical (unpaired) electrons. The van der Waals surface area contributed by atoms with Gasteiger partial charge < -0.3 is 10.5 Å². The monoisotopic (exact) mass is 230 g/mol. The molecule has 0 aliphatic carbocycles. The maximum Gasteiger partial charge on any atom is 0.340 e. The predicted octanol–water partition coefficient (Wildman–Crippen LogP) is 1.21. The minimum absolute atomic E-state index is 0.296. The number of nitrogens with zero attached hydrogens (tertiary/aromatic N) is 1. The normalized spacial score (nSPS) is 9.50. The molecular formula is C7H7BrN2O2. The topological polar surface area (TPSA) is 65.2 Å². The van der Waals surface area contributed by atoms with E-state index in [-0.39, 0.29) is 0 Å². The van der Waals surface area contributed by atoms with Crippen molar-refractivity contribution in [2.75, 3.05) is 12.8 Å². The minimum Gasteiger partial charge on any atom is -0.465 e. The van der Waals surface area contributed by atoms with Crippen molar-refractivity contribution in [2.24, 2.45) is 0 Å². The third kappa shape index (κ3) is 1.55. The van der Waals surface area contributed by atoms with Crippen LogP contribution in [0.4, 0.5) is 5.69 Å². The maximum absolute atomic E-state index is 11.0. The van der Waals surface area contributed by atoms with E-state index in [4.69, 9.17) is 5.73 Å². The van der Waals surface area contributed by atoms with Gasteiger partial charge in [-0.15, -0.1) is 0 Å². The van der Waals surface area contributed by atoms with Crippen LogP contribution in [0.3, 0.4) is 0 Å². The molecular weight excluding hydrogens is 224 g/mol. The van der Waals surface area contributed by atoms with Crippen molar-refractivity contribution in [3.05, 3.63) is 22.4 Å². The number of ether oxygens (including phenoxy) is 1. The van der Waals surface area contributed by atoms with Crippen LogP contribution in [-0.4, -0.2) is 18.1 Å². The molecule has 0 saturated heterocycles. The zero-order valence-electron chi connectivity index (χ0n) is 6.37. The molecule has 64 valence electrons. The van der Waals surface area contributed by atoms with Crippen LogP contribution in [0.25, 0.3) is 0 Å². The Labute approximate surface area is 77.9 Å². The molecule has 12 heavy (non-hydrogen) atoms. The highest BCUT2D eigenvalue weighted by atomic mass is 79.9. The smallest absolute Gasteiger partial charge is 0.340 e. The Morgan fingerprint density at radius 1 is 1.75 bits per heavy atom. The summed E-state index contributed by atoms with van der Waals surface area (Å²) < 4.78 is 4.95. The second-order valence-electron chi connectivity index (χ2n) is 2.05. The highest BCUT2D eigenvalue weighted by Crippen LogP contribution is 2.20. The van der Waals surface area contributed by atoms with Crippen molar-refractivity contribution in [2.45, 2.75) is 0 Å². The van der Waals surface area contributed by atoms with Gasteiger partial charge in [0.25, 0.3) is 0 Å². The fraction of sp³-hybridized carbons (Fsp3) is 0.143. The lowest BCUT2D eigenvalue weighted by Gasteiger charge is -2.03. The lowest BCUT2D eigenvalue weighted by molar-refractivity contribution is 0.0602. The van der Waals surface area contributed by atoms with E-state index in [0.717, 1.165) is 0 Å². The summed E-state index contributed by atoms with van der Waals surface area (Å²) in [5.74, 6) is -0.462. The van der Waals surface area contributed by atoms with Crippen LogP contribution >= 0.6 is 15.9 Å². The molecule has 5 heteroatoms. The second kappa shape index (κ2) is 3.53. The molecule has 0 unspecified atom stereocenters. The van der Waals surface area contributed by atoms with Gasteiger partial charge in [0.1, 0.15) is 4.60 Å². The Morgan fingerprint density at radius 3 is 3.00 bits per heavy atom. The number of esters is 1. The third-order valence-electron chi connectivity index (χ3n) is 1.35. The van der Waals surface area contributed by atoms with Gasteiger partial charge in [-0.05, 0) is 22.0 Å². The molecule has 1 aromatic heterocycles. The van der Waals surface area contributed by atoms with Crippen LogP contribution in [0.5, 0.6) is 0 Å². The molecule has 0 bridgehead atoms. The van der Waals surface area contributed by atoms with E-state index in [1.807, 2.05) is 0 Å². The quantitative estimate of drug-likeness (QED) is 0.582. The number of rotatable bonds is 1. The molecule has 4 nitrogen and oxygen atoms in total. The number of carbonyl (C=O) groups is 1. The van der Waals surface area contributed by atoms with Crippen LogP contribution < -0.4 is 5.73 Å². The molecule has 0 amide bonds. The summed E-state index contributed by atoms with van der Waals surface area (Å²) in [4.78, 5) is 14.9. The highest BCUT2D eigenvalue weighted by molar-refractivity contribution is 9.10. The second-order valence-corrected chi connectivity index (χ2v) is 2.81. The minimum atomic E-state index is -0.462. The standard InChI is InChI=1S/C7H7BrN2O2/c1-12-7(11)4-2-3-10-6(8)5(4)9/h2-3H,9H2,1H3. The summed E-state index contributed by atoms with van der Waals surface area (Å²) >= 11 is 3.10. The number of nitrogen functional groups attached to an aromatic ring is 1. The van der Waals surface area contributed by atoms with E-state index in [0.29, 0.717) is 15.9 Å². The largest absolute Gasteiger partial charge is 0.465 e. The van der Waals surface area contributed by atoms with Gasteiger partial charge >= 0.3 is 5.97 Å². The Balaban J connectivity index is 3.16. The third-order valence-corrected chi connectivity index (χ3v) is 1.98. The van der Waals surface area contributed by atoms with Crippen molar-refractivity contribution in [1.29, 1.82) is 0 Å². The molecule has 2 N–H and O–H groups in total. The lowest BCUT2D eigenvalue weighted by atomic mass is 10.2. The van der Waals surface area contributed by atoms with Gasteiger partial charge in [0.2, 0.25) is 0 Å². The number of halogens is 1. The number of nitrogens with two attached hydrogens (primary N) is 1. The van der Waals surface area contributed by atoms with E-state index in [1.54, 1.807) is 0 Å². The van der Waals surface area contributed by atoms with E-state index in [9.17, 15) is 4.79 Å². The molecule has 0 aliphatic rings. The molecule has 0 aliphatic heterocycles. The van der Waals surface area contributed by atoms with Gasteiger partial charge in [0, 0.05) is 6.20 Å². The van der Waals surface area contributed by atoms with Gasteiger partial charge in [-0.3, -0.25) is 0 Å². The van der Waals surface area contributed by atoms with Crippen molar-refractivity contribution in [1.82, 2.24) is 4.98 Å². The first-order valence-corrected chi connectivity index (χ1v) is 3.94. The molecule has 0 fully saturated rings. The maximum atomic E-state index is 11.0. The number of pyridine rings is 1. The highest BCUT2D eigenvalue weighted by Gasteiger charge is 2.11. The number of anilines is 1. The average molecular weight is 231 g/mol. The number of methoxy groups -OCH3 is 1. The zero-order chi connectivity index (χ0) is 9.14. The van der Waals surface area contributed by atoms with Gasteiger partial charge in [0.15, 0.2) is 0 Å². The van der Waals surface area contributed by atoms with Crippen molar-refractivity contribution >= 4 is 27.6 Å². The molecule has 1 aromatic rings. The first kappa shape index (κ1) is 8.99. The number of carbonyl (C=O) groups excluding carboxylic acids is 1. The van der Waals surface area contributed by atoms with E-state index < -0.39 is 5.97 Å². The summed E-state index contributed by atoms with van der Waals surface area (Å²) in [5.41, 5.74) is 6.16. The molecule has 0 atom stereocenters. The van der Waals surface area contributed by atoms with Gasteiger partial charge in [-0.25, -0.2) is 9.78 Å². The van der Waals surface area contributed by atoms with Crippen LogP contribution in [0.15, 0.2) is 16.9 Å². The molecule has 0 saturated carbocycles. The van der Waals surface area contributed by atoms with E-state index >= 15 is 0 Å².